The molecule has 0 bridgehead atoms. The largest absolute Gasteiger partial charge is 0.350 e. The van der Waals surface area contributed by atoms with Crippen molar-refractivity contribution >= 4 is 27.5 Å². The molecule has 0 aromatic carbocycles. The molecular formula is C15H20N2OS. The lowest BCUT2D eigenvalue weighted by atomic mass is 10.3. The van der Waals surface area contributed by atoms with Gasteiger partial charge in [0, 0.05) is 18.0 Å². The zero-order chi connectivity index (χ0) is 13.4. The summed E-state index contributed by atoms with van der Waals surface area (Å²) in [6, 6.07) is 4.23. The van der Waals surface area contributed by atoms with Crippen LogP contribution in [0.2, 0.25) is 0 Å². The highest BCUT2D eigenvalue weighted by molar-refractivity contribution is 7.19. The number of aryl methyl sites for hydroxylation is 2. The predicted molar refractivity (Wildman–Crippen MR) is 79.9 cm³/mol. The normalized spacial score (nSPS) is 15.1. The summed E-state index contributed by atoms with van der Waals surface area (Å²) in [6.45, 7) is 6.01. The predicted octanol–water partition coefficient (Wildman–Crippen LogP) is 3.56. The summed E-state index contributed by atoms with van der Waals surface area (Å²) in [5.74, 6) is 0.809. The van der Waals surface area contributed by atoms with E-state index in [1.807, 2.05) is 6.07 Å². The molecule has 3 rings (SSSR count). The number of carbonyl (C=O) groups is 1. The summed E-state index contributed by atoms with van der Waals surface area (Å²) in [6.07, 6.45) is 3.58. The topological polar surface area (TPSA) is 34.0 Å². The standard InChI is InChI=1S/C15H20N2OS/c1-3-6-17-12-7-10(2)19-14(12)8-13(17)15(18)16-9-11-4-5-11/h7-8,11H,3-6,9H2,1-2H3,(H,16,18). The van der Waals surface area contributed by atoms with Crippen LogP contribution in [0, 0.1) is 12.8 Å². The van der Waals surface area contributed by atoms with E-state index in [-0.39, 0.29) is 5.91 Å². The van der Waals surface area contributed by atoms with Gasteiger partial charge in [-0.2, -0.15) is 0 Å². The van der Waals surface area contributed by atoms with E-state index in [9.17, 15) is 4.79 Å². The van der Waals surface area contributed by atoms with Crippen molar-refractivity contribution in [2.24, 2.45) is 5.92 Å². The second kappa shape index (κ2) is 5.00. The van der Waals surface area contributed by atoms with Crippen molar-refractivity contribution in [3.8, 4) is 0 Å². The van der Waals surface area contributed by atoms with Gasteiger partial charge in [-0.25, -0.2) is 0 Å². The van der Waals surface area contributed by atoms with Crippen molar-refractivity contribution < 1.29 is 4.79 Å². The molecule has 1 saturated carbocycles. The average Bonchev–Trinajstić information content (AvgIpc) is 3.06. The van der Waals surface area contributed by atoms with E-state index in [4.69, 9.17) is 0 Å². The molecule has 19 heavy (non-hydrogen) atoms. The Balaban J connectivity index is 1.89. The molecule has 3 nitrogen and oxygen atoms in total. The highest BCUT2D eigenvalue weighted by Gasteiger charge is 2.23. The molecule has 0 spiro atoms. The van der Waals surface area contributed by atoms with Gasteiger partial charge < -0.3 is 9.88 Å². The number of aromatic nitrogens is 1. The minimum Gasteiger partial charge on any atom is -0.350 e. The van der Waals surface area contributed by atoms with Gasteiger partial charge in [0.05, 0.1) is 10.2 Å². The van der Waals surface area contributed by atoms with Crippen LogP contribution in [0.25, 0.3) is 10.2 Å². The number of hydrogen-bond donors (Lipinski definition) is 1. The second-order valence-corrected chi connectivity index (χ2v) is 6.73. The van der Waals surface area contributed by atoms with Crippen LogP contribution in [0.1, 0.15) is 41.6 Å². The first-order chi connectivity index (χ1) is 9.19. The first-order valence-electron chi connectivity index (χ1n) is 7.07. The van der Waals surface area contributed by atoms with E-state index in [1.165, 1.54) is 27.9 Å². The van der Waals surface area contributed by atoms with Crippen LogP contribution in [-0.2, 0) is 6.54 Å². The summed E-state index contributed by atoms with van der Waals surface area (Å²) in [4.78, 5) is 13.6. The summed E-state index contributed by atoms with van der Waals surface area (Å²) in [5, 5.41) is 3.07. The number of carbonyl (C=O) groups excluding carboxylic acids is 1. The van der Waals surface area contributed by atoms with Crippen molar-refractivity contribution in [1.29, 1.82) is 0 Å². The molecule has 1 aliphatic carbocycles. The van der Waals surface area contributed by atoms with Crippen LogP contribution in [-0.4, -0.2) is 17.0 Å². The van der Waals surface area contributed by atoms with Gasteiger partial charge >= 0.3 is 0 Å². The minimum absolute atomic E-state index is 0.0846. The number of fused-ring (bicyclic) bond motifs is 1. The molecule has 4 heteroatoms. The Bertz CT molecular complexity index is 607. The first-order valence-corrected chi connectivity index (χ1v) is 7.88. The fraction of sp³-hybridized carbons (Fsp3) is 0.533. The van der Waals surface area contributed by atoms with Gasteiger partial charge in [-0.05, 0) is 44.2 Å². The molecule has 1 fully saturated rings. The van der Waals surface area contributed by atoms with Crippen molar-refractivity contribution in [2.45, 2.75) is 39.7 Å². The van der Waals surface area contributed by atoms with Crippen LogP contribution >= 0.6 is 11.3 Å². The van der Waals surface area contributed by atoms with Crippen LogP contribution in [0.15, 0.2) is 12.1 Å². The third-order valence-corrected chi connectivity index (χ3v) is 4.63. The molecule has 0 unspecified atom stereocenters. The zero-order valence-electron chi connectivity index (χ0n) is 11.5. The van der Waals surface area contributed by atoms with E-state index < -0.39 is 0 Å². The lowest BCUT2D eigenvalue weighted by molar-refractivity contribution is 0.0943. The van der Waals surface area contributed by atoms with Crippen LogP contribution < -0.4 is 5.32 Å². The summed E-state index contributed by atoms with van der Waals surface area (Å²) in [7, 11) is 0. The third kappa shape index (κ3) is 2.54. The Labute approximate surface area is 117 Å². The van der Waals surface area contributed by atoms with Gasteiger partial charge in [0.15, 0.2) is 0 Å². The summed E-state index contributed by atoms with van der Waals surface area (Å²) >= 11 is 1.77. The fourth-order valence-electron chi connectivity index (χ4n) is 2.47. The fourth-order valence-corrected chi connectivity index (χ4v) is 3.43. The number of thiophene rings is 1. The van der Waals surface area contributed by atoms with Gasteiger partial charge in [-0.15, -0.1) is 11.3 Å². The summed E-state index contributed by atoms with van der Waals surface area (Å²) in [5.41, 5.74) is 2.03. The molecule has 0 atom stereocenters. The van der Waals surface area contributed by atoms with E-state index in [0.29, 0.717) is 0 Å². The number of amides is 1. The molecule has 2 aromatic heterocycles. The van der Waals surface area contributed by atoms with E-state index in [1.54, 1.807) is 11.3 Å². The number of rotatable bonds is 5. The number of hydrogen-bond acceptors (Lipinski definition) is 2. The van der Waals surface area contributed by atoms with Gasteiger partial charge in [-0.1, -0.05) is 6.92 Å². The van der Waals surface area contributed by atoms with Gasteiger partial charge in [-0.3, -0.25) is 4.79 Å². The van der Waals surface area contributed by atoms with E-state index in [0.717, 1.165) is 31.1 Å². The molecular weight excluding hydrogens is 256 g/mol. The summed E-state index contributed by atoms with van der Waals surface area (Å²) < 4.78 is 3.39. The van der Waals surface area contributed by atoms with Crippen molar-refractivity contribution in [2.75, 3.05) is 6.54 Å². The lowest BCUT2D eigenvalue weighted by Crippen LogP contribution is -2.27. The third-order valence-electron chi connectivity index (χ3n) is 3.64. The monoisotopic (exact) mass is 276 g/mol. The molecule has 102 valence electrons. The van der Waals surface area contributed by atoms with Gasteiger partial charge in [0.1, 0.15) is 5.69 Å². The van der Waals surface area contributed by atoms with Gasteiger partial charge in [0.25, 0.3) is 5.91 Å². The Morgan fingerprint density at radius 1 is 1.47 bits per heavy atom. The molecule has 1 N–H and O–H groups in total. The average molecular weight is 276 g/mol. The minimum atomic E-state index is 0.0846. The zero-order valence-corrected chi connectivity index (χ0v) is 12.3. The molecule has 2 heterocycles. The van der Waals surface area contributed by atoms with Crippen molar-refractivity contribution in [3.63, 3.8) is 0 Å². The smallest absolute Gasteiger partial charge is 0.267 e. The SMILES string of the molecule is CCCn1c(C(=O)NCC2CC2)cc2sc(C)cc21. The van der Waals surface area contributed by atoms with Crippen molar-refractivity contribution in [3.05, 3.63) is 22.7 Å². The highest BCUT2D eigenvalue weighted by atomic mass is 32.1. The second-order valence-electron chi connectivity index (χ2n) is 5.44. The Morgan fingerprint density at radius 2 is 2.26 bits per heavy atom. The van der Waals surface area contributed by atoms with Crippen molar-refractivity contribution in [1.82, 2.24) is 9.88 Å². The molecule has 0 aliphatic heterocycles. The van der Waals surface area contributed by atoms with E-state index in [2.05, 4.69) is 29.8 Å². The van der Waals surface area contributed by atoms with Crippen LogP contribution in [0.4, 0.5) is 0 Å². The highest BCUT2D eigenvalue weighted by Crippen LogP contribution is 2.30. The lowest BCUT2D eigenvalue weighted by Gasteiger charge is -2.09. The Kier molecular flexibility index (Phi) is 3.35. The number of nitrogens with one attached hydrogen (secondary N) is 1. The Hall–Kier alpha value is -1.29. The maximum atomic E-state index is 12.3. The molecule has 0 saturated heterocycles. The maximum Gasteiger partial charge on any atom is 0.267 e. The Morgan fingerprint density at radius 3 is 2.95 bits per heavy atom. The molecule has 1 aliphatic rings. The molecule has 2 aromatic rings. The van der Waals surface area contributed by atoms with Crippen LogP contribution in [0.5, 0.6) is 0 Å². The molecule has 1 amide bonds. The van der Waals surface area contributed by atoms with Crippen LogP contribution in [0.3, 0.4) is 0 Å². The first kappa shape index (κ1) is 12.7. The quantitative estimate of drug-likeness (QED) is 0.890. The van der Waals surface area contributed by atoms with Gasteiger partial charge in [0.2, 0.25) is 0 Å². The molecule has 0 radical (unpaired) electrons. The van der Waals surface area contributed by atoms with E-state index >= 15 is 0 Å². The number of nitrogens with zero attached hydrogens (tertiary/aromatic N) is 1. The maximum absolute atomic E-state index is 12.3.